The van der Waals surface area contributed by atoms with Gasteiger partial charge in [-0.2, -0.15) is 0 Å². The normalized spacial score (nSPS) is 13.1. The van der Waals surface area contributed by atoms with Gasteiger partial charge in [0.25, 0.3) is 0 Å². The molecule has 1 aromatic heterocycles. The maximum atomic E-state index is 14.8. The van der Waals surface area contributed by atoms with Crippen LogP contribution in [0.15, 0.2) is 65.7 Å². The Hall–Kier alpha value is -3.35. The summed E-state index contributed by atoms with van der Waals surface area (Å²) in [6.07, 6.45) is -3.87. The maximum Gasteiger partial charge on any atom is 0.573 e. The van der Waals surface area contributed by atoms with E-state index in [1.165, 1.54) is 11.3 Å². The van der Waals surface area contributed by atoms with Crippen molar-refractivity contribution in [3.8, 4) is 5.75 Å². The van der Waals surface area contributed by atoms with E-state index >= 15 is 0 Å². The lowest BCUT2D eigenvalue weighted by Gasteiger charge is -2.27. The molecule has 1 heterocycles. The number of fused-ring (bicyclic) bond motifs is 1. The molecule has 13 heteroatoms. The lowest BCUT2D eigenvalue weighted by atomic mass is 9.77. The Labute approximate surface area is 231 Å². The van der Waals surface area contributed by atoms with Gasteiger partial charge in [0.1, 0.15) is 17.4 Å². The number of nitrogens with one attached hydrogen (secondary N) is 1. The number of alkyl halides is 3. The minimum atomic E-state index is -4.92. The van der Waals surface area contributed by atoms with Crippen LogP contribution in [-0.4, -0.2) is 26.9 Å². The number of amidine groups is 1. The molecular weight excluding hydrogens is 578 g/mol. The molecule has 3 N–H and O–H groups in total. The van der Waals surface area contributed by atoms with Gasteiger partial charge < -0.3 is 10.5 Å². The molecule has 0 fully saturated rings. The van der Waals surface area contributed by atoms with Crippen LogP contribution in [0.4, 0.5) is 28.9 Å². The highest BCUT2D eigenvalue weighted by Crippen LogP contribution is 2.39. The standard InChI is InChI=1S/C26H22ClF4N3O3S2/c1-25(2,20-13-19(5-6-21(20)28)37-26(29,30)31)15-10-16(27)12-18(11-15)33-24(32)23-9-14-8-17(34-39(3,35)36)4-7-22(14)38-23/h4-13,34H,1-3H3,(H2,32,33). The van der Waals surface area contributed by atoms with E-state index in [2.05, 4.69) is 14.5 Å². The third-order valence-corrected chi connectivity index (χ3v) is 7.73. The zero-order chi connectivity index (χ0) is 28.8. The minimum absolute atomic E-state index is 0.0302. The van der Waals surface area contributed by atoms with Gasteiger partial charge in [0.2, 0.25) is 10.0 Å². The Bertz CT molecular complexity index is 1700. The number of rotatable bonds is 7. The molecule has 0 radical (unpaired) electrons. The Kier molecular flexibility index (Phi) is 7.58. The van der Waals surface area contributed by atoms with Crippen LogP contribution in [0, 0.1) is 5.82 Å². The van der Waals surface area contributed by atoms with E-state index in [1.807, 2.05) is 0 Å². The second kappa shape index (κ2) is 10.3. The molecule has 39 heavy (non-hydrogen) atoms. The largest absolute Gasteiger partial charge is 0.573 e. The third-order valence-electron chi connectivity index (χ3n) is 5.77. The van der Waals surface area contributed by atoms with Gasteiger partial charge in [-0.15, -0.1) is 24.5 Å². The first-order chi connectivity index (χ1) is 18.0. The van der Waals surface area contributed by atoms with Crippen LogP contribution in [0.2, 0.25) is 5.02 Å². The number of nitrogens with zero attached hydrogens (tertiary/aromatic N) is 1. The smallest absolute Gasteiger partial charge is 0.406 e. The predicted molar refractivity (Wildman–Crippen MR) is 147 cm³/mol. The van der Waals surface area contributed by atoms with Crippen LogP contribution in [-0.2, 0) is 15.4 Å². The molecule has 0 saturated heterocycles. The van der Waals surface area contributed by atoms with Crippen LogP contribution < -0.4 is 15.2 Å². The topological polar surface area (TPSA) is 93.8 Å². The molecule has 0 saturated carbocycles. The van der Waals surface area contributed by atoms with Crippen LogP contribution in [0.1, 0.15) is 29.9 Å². The quantitative estimate of drug-likeness (QED) is 0.132. The van der Waals surface area contributed by atoms with Crippen molar-refractivity contribution in [2.45, 2.75) is 25.6 Å². The molecule has 4 aromatic rings. The fourth-order valence-electron chi connectivity index (χ4n) is 3.98. The van der Waals surface area contributed by atoms with Gasteiger partial charge in [0, 0.05) is 26.4 Å². The molecule has 4 rings (SSSR count). The number of hydrogen-bond acceptors (Lipinski definition) is 5. The van der Waals surface area contributed by atoms with Gasteiger partial charge >= 0.3 is 6.36 Å². The summed E-state index contributed by atoms with van der Waals surface area (Å²) in [4.78, 5) is 5.08. The number of halogens is 5. The SMILES string of the molecule is CC(C)(c1cc(Cl)cc(N=C(N)c2cc3cc(NS(C)(=O)=O)ccc3s2)c1)c1cc(OC(F)(F)F)ccc1F. The zero-order valence-corrected chi connectivity index (χ0v) is 23.1. The Balaban J connectivity index is 1.69. The van der Waals surface area contributed by atoms with Crippen molar-refractivity contribution in [1.29, 1.82) is 0 Å². The third kappa shape index (κ3) is 7.00. The predicted octanol–water partition coefficient (Wildman–Crippen LogP) is 7.33. The molecule has 3 aromatic carbocycles. The molecular formula is C26H22ClF4N3O3S2. The van der Waals surface area contributed by atoms with Crippen molar-refractivity contribution in [1.82, 2.24) is 0 Å². The lowest BCUT2D eigenvalue weighted by Crippen LogP contribution is -2.22. The highest BCUT2D eigenvalue weighted by Gasteiger charge is 2.33. The maximum absolute atomic E-state index is 14.8. The molecule has 6 nitrogen and oxygen atoms in total. The molecule has 0 aliphatic carbocycles. The van der Waals surface area contributed by atoms with Crippen molar-refractivity contribution in [2.75, 3.05) is 11.0 Å². The summed E-state index contributed by atoms with van der Waals surface area (Å²) >= 11 is 7.68. The highest BCUT2D eigenvalue weighted by molar-refractivity contribution is 7.92. The van der Waals surface area contributed by atoms with E-state index in [-0.39, 0.29) is 16.4 Å². The molecule has 0 aliphatic heterocycles. The van der Waals surface area contributed by atoms with E-state index in [9.17, 15) is 26.0 Å². The van der Waals surface area contributed by atoms with Crippen LogP contribution in [0.5, 0.6) is 5.75 Å². The van der Waals surface area contributed by atoms with Gasteiger partial charge in [-0.25, -0.2) is 17.8 Å². The van der Waals surface area contributed by atoms with E-state index in [0.29, 0.717) is 21.8 Å². The van der Waals surface area contributed by atoms with E-state index < -0.39 is 33.4 Å². The molecule has 206 valence electrons. The Morgan fingerprint density at radius 3 is 2.44 bits per heavy atom. The molecule has 0 aliphatic rings. The van der Waals surface area contributed by atoms with Crippen molar-refractivity contribution in [2.24, 2.45) is 10.7 Å². The lowest BCUT2D eigenvalue weighted by molar-refractivity contribution is -0.274. The number of anilines is 1. The summed E-state index contributed by atoms with van der Waals surface area (Å²) in [7, 11) is -3.44. The van der Waals surface area contributed by atoms with Crippen LogP contribution in [0.3, 0.4) is 0 Å². The summed E-state index contributed by atoms with van der Waals surface area (Å²) in [6, 6.07) is 14.4. The van der Waals surface area contributed by atoms with Gasteiger partial charge in [0.15, 0.2) is 0 Å². The summed E-state index contributed by atoms with van der Waals surface area (Å²) in [5, 5.41) is 1.02. The highest BCUT2D eigenvalue weighted by atomic mass is 35.5. The van der Waals surface area contributed by atoms with Crippen molar-refractivity contribution in [3.63, 3.8) is 0 Å². The monoisotopic (exact) mass is 599 g/mol. The average Bonchev–Trinajstić information content (AvgIpc) is 3.21. The number of ether oxygens (including phenoxy) is 1. The number of hydrogen-bond donors (Lipinski definition) is 2. The summed E-state index contributed by atoms with van der Waals surface area (Å²) in [5.74, 6) is -1.10. The fraction of sp³-hybridized carbons (Fsp3) is 0.192. The number of aliphatic imine (C=N–C) groups is 1. The van der Waals surface area contributed by atoms with Crippen molar-refractivity contribution < 1.29 is 30.7 Å². The van der Waals surface area contributed by atoms with Crippen molar-refractivity contribution in [3.05, 3.63) is 87.5 Å². The first-order valence-corrected chi connectivity index (χ1v) is 14.3. The van der Waals surface area contributed by atoms with Gasteiger partial charge in [-0.1, -0.05) is 25.4 Å². The van der Waals surface area contributed by atoms with Gasteiger partial charge in [0.05, 0.1) is 16.8 Å². The second-order valence-corrected chi connectivity index (χ2v) is 12.5. The summed E-state index contributed by atoms with van der Waals surface area (Å²) in [5.41, 5.74) is 6.36. The number of thiophene rings is 1. The number of nitrogens with two attached hydrogens (primary N) is 1. The van der Waals surface area contributed by atoms with Gasteiger partial charge in [-0.3, -0.25) is 4.72 Å². The van der Waals surface area contributed by atoms with Crippen LogP contribution in [0.25, 0.3) is 10.1 Å². The molecule has 0 amide bonds. The first kappa shape index (κ1) is 28.7. The second-order valence-electron chi connectivity index (χ2n) is 9.25. The Morgan fingerprint density at radius 1 is 1.05 bits per heavy atom. The van der Waals surface area contributed by atoms with E-state index in [1.54, 1.807) is 56.3 Å². The molecule has 0 atom stereocenters. The molecule has 0 unspecified atom stereocenters. The van der Waals surface area contributed by atoms with Gasteiger partial charge in [-0.05, 0) is 71.6 Å². The number of benzene rings is 3. The van der Waals surface area contributed by atoms with Crippen molar-refractivity contribution >= 4 is 60.3 Å². The number of sulfonamides is 1. The summed E-state index contributed by atoms with van der Waals surface area (Å²) in [6.45, 7) is 3.28. The zero-order valence-electron chi connectivity index (χ0n) is 20.7. The van der Waals surface area contributed by atoms with Crippen LogP contribution >= 0.6 is 22.9 Å². The van der Waals surface area contributed by atoms with E-state index in [4.69, 9.17) is 17.3 Å². The molecule has 0 spiro atoms. The first-order valence-electron chi connectivity index (χ1n) is 11.2. The average molecular weight is 600 g/mol. The summed E-state index contributed by atoms with van der Waals surface area (Å²) < 4.78 is 83.3. The fourth-order valence-corrected chi connectivity index (χ4v) is 5.71. The molecule has 0 bridgehead atoms. The van der Waals surface area contributed by atoms with E-state index in [0.717, 1.165) is 34.5 Å². The Morgan fingerprint density at radius 2 is 1.77 bits per heavy atom. The minimum Gasteiger partial charge on any atom is -0.406 e.